The summed E-state index contributed by atoms with van der Waals surface area (Å²) in [5.74, 6) is -0.564. The molecular weight excluding hydrogens is 600 g/mol. The van der Waals surface area contributed by atoms with Crippen LogP contribution in [0.2, 0.25) is 0 Å². The van der Waals surface area contributed by atoms with Gasteiger partial charge in [0.25, 0.3) is 0 Å². The largest absolute Gasteiger partial charge is 0.573 e. The third-order valence-electron chi connectivity index (χ3n) is 6.31. The number of nitrogens with two attached hydrogens (primary N) is 3. The van der Waals surface area contributed by atoms with Crippen molar-refractivity contribution in [2.24, 2.45) is 16.7 Å². The molecule has 0 radical (unpaired) electrons. The number of alkyl halides is 3. The molecule has 0 saturated carbocycles. The topological polar surface area (TPSA) is 189 Å². The first-order chi connectivity index (χ1) is 21.0. The fraction of sp³-hybridized carbons (Fsp3) is 0.448. The summed E-state index contributed by atoms with van der Waals surface area (Å²) < 4.78 is 60.4. The molecule has 0 atom stereocenters. The SMILES string of the molecule is CC(C)(C)OC(=O)N1CC(c2cc(/C=C(\N)CCCCN(/C=C/Cc3cc(OC(F)(F)F)ccc3F)N=N)c(N)[nH]2)C1.NC=O. The zero-order valence-corrected chi connectivity index (χ0v) is 25.4. The second kappa shape index (κ2) is 16.4. The van der Waals surface area contributed by atoms with Crippen LogP contribution in [-0.2, 0) is 16.0 Å². The van der Waals surface area contributed by atoms with E-state index in [4.69, 9.17) is 26.5 Å². The number of allylic oxidation sites excluding steroid dienone is 2. The quantitative estimate of drug-likeness (QED) is 0.0661. The molecule has 1 aliphatic rings. The predicted molar refractivity (Wildman–Crippen MR) is 160 cm³/mol. The first-order valence-corrected chi connectivity index (χ1v) is 14.0. The fourth-order valence-corrected chi connectivity index (χ4v) is 4.24. The molecule has 248 valence electrons. The highest BCUT2D eigenvalue weighted by Gasteiger charge is 2.35. The number of unbranched alkanes of at least 4 members (excludes halogenated alkanes) is 1. The van der Waals surface area contributed by atoms with Crippen molar-refractivity contribution in [3.8, 4) is 5.75 Å². The van der Waals surface area contributed by atoms with Crippen LogP contribution < -0.4 is 21.9 Å². The van der Waals surface area contributed by atoms with E-state index in [0.717, 1.165) is 29.5 Å². The van der Waals surface area contributed by atoms with E-state index >= 15 is 0 Å². The standard InChI is InChI=1S/C28H37F4N7O3.CH3NO/c1-27(2,3)42-26(40)38-16-20(17-38)24-15-19(25(34)36-24)13-21(33)8-4-5-11-39(37-35)12-6-7-18-14-22(9-10-23(18)29)41-28(30,31)32;2-1-3/h6,9-10,12-15,20,35-36H,4-5,7-8,11,16-17,33-34H2,1-3H3;1H,(H2,2,3)/b12-6+,21-13-,37-35?;. The van der Waals surface area contributed by atoms with Gasteiger partial charge in [-0.25, -0.2) is 9.18 Å². The third kappa shape index (κ3) is 12.8. The van der Waals surface area contributed by atoms with E-state index in [0.29, 0.717) is 50.4 Å². The first kappa shape index (κ1) is 36.4. The average Bonchev–Trinajstić information content (AvgIpc) is 3.23. The van der Waals surface area contributed by atoms with Crippen molar-refractivity contribution >= 4 is 24.4 Å². The van der Waals surface area contributed by atoms with E-state index in [1.807, 2.05) is 26.8 Å². The molecule has 8 N–H and O–H groups in total. The molecule has 1 aromatic carbocycles. The van der Waals surface area contributed by atoms with Gasteiger partial charge in [-0.05, 0) is 82.4 Å². The third-order valence-corrected chi connectivity index (χ3v) is 6.31. The number of nitrogen functional groups attached to an aromatic ring is 1. The Balaban J connectivity index is 0.00000226. The number of aromatic amines is 1. The van der Waals surface area contributed by atoms with Gasteiger partial charge in [-0.3, -0.25) is 9.80 Å². The van der Waals surface area contributed by atoms with Crippen LogP contribution >= 0.6 is 0 Å². The number of nitrogens with one attached hydrogen (secondary N) is 2. The number of amides is 2. The molecule has 2 aromatic rings. The minimum atomic E-state index is -4.87. The molecule has 45 heavy (non-hydrogen) atoms. The van der Waals surface area contributed by atoms with E-state index in [1.165, 1.54) is 17.3 Å². The second-order valence-electron chi connectivity index (χ2n) is 11.1. The molecule has 1 aromatic heterocycles. The fourth-order valence-electron chi connectivity index (χ4n) is 4.24. The first-order valence-electron chi connectivity index (χ1n) is 14.0. The highest BCUT2D eigenvalue weighted by atomic mass is 19.4. The van der Waals surface area contributed by atoms with Crippen molar-refractivity contribution in [1.29, 1.82) is 5.53 Å². The van der Waals surface area contributed by atoms with Crippen molar-refractivity contribution in [1.82, 2.24) is 14.9 Å². The number of H-pyrrole nitrogens is 1. The molecular formula is C29H40F4N8O4. The van der Waals surface area contributed by atoms with E-state index in [1.54, 1.807) is 11.0 Å². The predicted octanol–water partition coefficient (Wildman–Crippen LogP) is 5.54. The van der Waals surface area contributed by atoms with Crippen LogP contribution in [0.25, 0.3) is 6.08 Å². The van der Waals surface area contributed by atoms with Crippen LogP contribution in [-0.4, -0.2) is 59.0 Å². The summed E-state index contributed by atoms with van der Waals surface area (Å²) in [6, 6.07) is 4.72. The van der Waals surface area contributed by atoms with Crippen molar-refractivity contribution in [2.75, 3.05) is 25.4 Å². The van der Waals surface area contributed by atoms with Gasteiger partial charge in [0.15, 0.2) is 0 Å². The Hall–Kier alpha value is -4.76. The van der Waals surface area contributed by atoms with Crippen LogP contribution in [0.15, 0.2) is 47.5 Å². The number of aromatic nitrogens is 1. The van der Waals surface area contributed by atoms with Crippen LogP contribution in [0.5, 0.6) is 5.75 Å². The van der Waals surface area contributed by atoms with Gasteiger partial charge < -0.3 is 36.6 Å². The van der Waals surface area contributed by atoms with Crippen molar-refractivity contribution in [3.05, 3.63) is 64.9 Å². The van der Waals surface area contributed by atoms with Crippen molar-refractivity contribution < 1.29 is 36.6 Å². The zero-order valence-electron chi connectivity index (χ0n) is 25.4. The number of primary amides is 1. The molecule has 3 rings (SSSR count). The number of hydrogen-bond donors (Lipinski definition) is 5. The summed E-state index contributed by atoms with van der Waals surface area (Å²) in [5, 5.41) is 4.74. The van der Waals surface area contributed by atoms with Crippen molar-refractivity contribution in [2.45, 2.75) is 64.3 Å². The number of ether oxygens (including phenoxy) is 2. The highest BCUT2D eigenvalue weighted by molar-refractivity contribution is 5.70. The van der Waals surface area contributed by atoms with E-state index in [-0.39, 0.29) is 30.4 Å². The molecule has 2 amide bonds. The van der Waals surface area contributed by atoms with E-state index < -0.39 is 23.5 Å². The van der Waals surface area contributed by atoms with Gasteiger partial charge in [0, 0.05) is 48.7 Å². The van der Waals surface area contributed by atoms with Gasteiger partial charge in [-0.15, -0.1) is 13.2 Å². The summed E-state index contributed by atoms with van der Waals surface area (Å²) >= 11 is 0. The zero-order chi connectivity index (χ0) is 33.8. The van der Waals surface area contributed by atoms with Gasteiger partial charge in [-0.2, -0.15) is 5.53 Å². The number of likely N-dealkylation sites (tertiary alicyclic amines) is 1. The van der Waals surface area contributed by atoms with Crippen LogP contribution in [0.3, 0.4) is 0 Å². The number of carbonyl (C=O) groups is 2. The summed E-state index contributed by atoms with van der Waals surface area (Å²) in [6.07, 6.45) is 1.71. The number of anilines is 1. The maximum Gasteiger partial charge on any atom is 0.573 e. The molecule has 12 nitrogen and oxygen atoms in total. The summed E-state index contributed by atoms with van der Waals surface area (Å²) in [4.78, 5) is 25.6. The molecule has 16 heteroatoms. The molecule has 2 heterocycles. The van der Waals surface area contributed by atoms with Crippen LogP contribution in [0.1, 0.15) is 62.8 Å². The summed E-state index contributed by atoms with van der Waals surface area (Å²) in [7, 11) is 0. The Bertz CT molecular complexity index is 1350. The number of nitrogens with zero attached hydrogens (tertiary/aromatic N) is 3. The molecule has 1 aliphatic heterocycles. The Kier molecular flexibility index (Phi) is 13.2. The number of benzene rings is 1. The molecule has 0 bridgehead atoms. The minimum Gasteiger partial charge on any atom is -0.444 e. The Morgan fingerprint density at radius 1 is 1.22 bits per heavy atom. The molecule has 0 aliphatic carbocycles. The molecule has 0 spiro atoms. The van der Waals surface area contributed by atoms with Gasteiger partial charge >= 0.3 is 12.5 Å². The number of halogens is 4. The number of hydrogen-bond acceptors (Lipinski definition) is 8. The van der Waals surface area contributed by atoms with Gasteiger partial charge in [0.1, 0.15) is 23.0 Å². The minimum absolute atomic E-state index is 0.0113. The lowest BCUT2D eigenvalue weighted by molar-refractivity contribution is -0.274. The van der Waals surface area contributed by atoms with Gasteiger partial charge in [0.2, 0.25) is 6.41 Å². The normalized spacial score (nSPS) is 13.9. The summed E-state index contributed by atoms with van der Waals surface area (Å²) in [5.41, 5.74) is 25.6. The van der Waals surface area contributed by atoms with Crippen molar-refractivity contribution in [3.63, 3.8) is 0 Å². The lowest BCUT2D eigenvalue weighted by Crippen LogP contribution is -2.50. The Morgan fingerprint density at radius 3 is 2.49 bits per heavy atom. The monoisotopic (exact) mass is 640 g/mol. The second-order valence-corrected chi connectivity index (χ2v) is 11.1. The lowest BCUT2D eigenvalue weighted by Gasteiger charge is -2.39. The van der Waals surface area contributed by atoms with E-state index in [9.17, 15) is 22.4 Å². The highest BCUT2D eigenvalue weighted by Crippen LogP contribution is 2.31. The molecule has 1 saturated heterocycles. The van der Waals surface area contributed by atoms with Gasteiger partial charge in [-0.1, -0.05) is 11.3 Å². The van der Waals surface area contributed by atoms with E-state index in [2.05, 4.69) is 20.7 Å². The van der Waals surface area contributed by atoms with Crippen LogP contribution in [0, 0.1) is 11.3 Å². The maximum atomic E-state index is 14.0. The average molecular weight is 641 g/mol. The smallest absolute Gasteiger partial charge is 0.444 e. The summed E-state index contributed by atoms with van der Waals surface area (Å²) in [6.45, 7) is 6.93. The molecule has 1 fully saturated rings. The lowest BCUT2D eigenvalue weighted by atomic mass is 9.96. The molecule has 0 unspecified atom stereocenters. The Labute approximate surface area is 258 Å². The Morgan fingerprint density at radius 2 is 1.89 bits per heavy atom. The van der Waals surface area contributed by atoms with Gasteiger partial charge in [0.05, 0.1) is 0 Å². The number of rotatable bonds is 12. The maximum absolute atomic E-state index is 14.0. The van der Waals surface area contributed by atoms with Crippen LogP contribution in [0.4, 0.5) is 28.2 Å². The number of carbonyl (C=O) groups excluding carboxylic acids is 2.